The van der Waals surface area contributed by atoms with Crippen molar-refractivity contribution in [3.63, 3.8) is 0 Å². The number of aromatic nitrogens is 3. The molecule has 0 aliphatic rings. The van der Waals surface area contributed by atoms with Crippen LogP contribution in [0.2, 0.25) is 0 Å². The van der Waals surface area contributed by atoms with E-state index in [0.29, 0.717) is 29.6 Å². The number of carbonyl (C=O) groups excluding carboxylic acids is 1. The monoisotopic (exact) mass is 390 g/mol. The topological polar surface area (TPSA) is 91.8 Å². The van der Waals surface area contributed by atoms with E-state index in [4.69, 9.17) is 0 Å². The lowest BCUT2D eigenvalue weighted by Crippen LogP contribution is -2.28. The third kappa shape index (κ3) is 4.41. The molecule has 8 heteroatoms. The Labute approximate surface area is 165 Å². The van der Waals surface area contributed by atoms with Gasteiger partial charge in [-0.2, -0.15) is 0 Å². The third-order valence-electron chi connectivity index (χ3n) is 3.96. The maximum Gasteiger partial charge on any atom is 0.261 e. The van der Waals surface area contributed by atoms with Crippen molar-refractivity contribution in [1.29, 1.82) is 0 Å². The van der Waals surface area contributed by atoms with Crippen molar-refractivity contribution in [3.8, 4) is 0 Å². The number of amides is 1. The SMILES string of the molecule is O=C(NCCNc1ccc(Nc2cccnc2)nn1)c1cc2ccccc2s1. The van der Waals surface area contributed by atoms with Gasteiger partial charge in [-0.3, -0.25) is 9.78 Å². The number of pyridine rings is 1. The van der Waals surface area contributed by atoms with Gasteiger partial charge < -0.3 is 16.0 Å². The van der Waals surface area contributed by atoms with Gasteiger partial charge in [0.05, 0.1) is 16.8 Å². The Morgan fingerprint density at radius 3 is 2.61 bits per heavy atom. The molecule has 4 aromatic rings. The van der Waals surface area contributed by atoms with Gasteiger partial charge >= 0.3 is 0 Å². The van der Waals surface area contributed by atoms with Crippen molar-refractivity contribution >= 4 is 44.7 Å². The number of nitrogens with one attached hydrogen (secondary N) is 3. The zero-order valence-corrected chi connectivity index (χ0v) is 15.7. The van der Waals surface area contributed by atoms with Crippen LogP contribution in [-0.2, 0) is 0 Å². The lowest BCUT2D eigenvalue weighted by Gasteiger charge is -2.07. The van der Waals surface area contributed by atoms with Crippen LogP contribution >= 0.6 is 11.3 Å². The first-order valence-electron chi connectivity index (χ1n) is 8.79. The maximum absolute atomic E-state index is 12.3. The van der Waals surface area contributed by atoms with Gasteiger partial charge in [-0.05, 0) is 41.8 Å². The van der Waals surface area contributed by atoms with Crippen LogP contribution in [0.4, 0.5) is 17.3 Å². The smallest absolute Gasteiger partial charge is 0.261 e. The summed E-state index contributed by atoms with van der Waals surface area (Å²) in [5.41, 5.74) is 0.849. The minimum absolute atomic E-state index is 0.0647. The Morgan fingerprint density at radius 1 is 0.964 bits per heavy atom. The minimum atomic E-state index is -0.0647. The summed E-state index contributed by atoms with van der Waals surface area (Å²) in [6, 6.07) is 17.3. The predicted octanol–water partition coefficient (Wildman–Crippen LogP) is 3.67. The fourth-order valence-electron chi connectivity index (χ4n) is 2.63. The summed E-state index contributed by atoms with van der Waals surface area (Å²) in [4.78, 5) is 17.0. The van der Waals surface area contributed by atoms with E-state index in [9.17, 15) is 4.79 Å². The molecule has 0 aliphatic heterocycles. The second-order valence-corrected chi connectivity index (χ2v) is 7.09. The van der Waals surface area contributed by atoms with E-state index < -0.39 is 0 Å². The predicted molar refractivity (Wildman–Crippen MR) is 112 cm³/mol. The molecule has 3 N–H and O–H groups in total. The molecule has 3 aromatic heterocycles. The Balaban J connectivity index is 1.24. The number of hydrogen-bond acceptors (Lipinski definition) is 7. The Bertz CT molecular complexity index is 1030. The summed E-state index contributed by atoms with van der Waals surface area (Å²) in [6.45, 7) is 1.05. The largest absolute Gasteiger partial charge is 0.367 e. The molecular formula is C20H18N6OS. The molecule has 1 amide bonds. The molecular weight excluding hydrogens is 372 g/mol. The number of benzene rings is 1. The van der Waals surface area contributed by atoms with E-state index in [1.165, 1.54) is 11.3 Å². The Hall–Kier alpha value is -3.52. The third-order valence-corrected chi connectivity index (χ3v) is 5.08. The molecule has 0 spiro atoms. The van der Waals surface area contributed by atoms with E-state index in [-0.39, 0.29) is 5.91 Å². The van der Waals surface area contributed by atoms with Crippen LogP contribution in [0.5, 0.6) is 0 Å². The molecule has 28 heavy (non-hydrogen) atoms. The van der Waals surface area contributed by atoms with Gasteiger partial charge in [0.2, 0.25) is 0 Å². The molecule has 0 radical (unpaired) electrons. The summed E-state index contributed by atoms with van der Waals surface area (Å²) >= 11 is 1.50. The molecule has 0 fully saturated rings. The summed E-state index contributed by atoms with van der Waals surface area (Å²) in [5.74, 6) is 1.22. The summed E-state index contributed by atoms with van der Waals surface area (Å²) in [6.07, 6.45) is 3.43. The zero-order chi connectivity index (χ0) is 19.2. The Morgan fingerprint density at radius 2 is 1.82 bits per heavy atom. The lowest BCUT2D eigenvalue weighted by molar-refractivity contribution is 0.0959. The fraction of sp³-hybridized carbons (Fsp3) is 0.100. The summed E-state index contributed by atoms with van der Waals surface area (Å²) < 4.78 is 1.11. The lowest BCUT2D eigenvalue weighted by atomic mass is 10.2. The van der Waals surface area contributed by atoms with E-state index >= 15 is 0 Å². The van der Waals surface area contributed by atoms with Gasteiger partial charge in [0, 0.05) is 24.0 Å². The number of hydrogen-bond donors (Lipinski definition) is 3. The van der Waals surface area contributed by atoms with Crippen LogP contribution in [0.1, 0.15) is 9.67 Å². The van der Waals surface area contributed by atoms with Crippen LogP contribution in [0.25, 0.3) is 10.1 Å². The normalized spacial score (nSPS) is 10.6. The highest BCUT2D eigenvalue weighted by atomic mass is 32.1. The van der Waals surface area contributed by atoms with Gasteiger partial charge in [0.25, 0.3) is 5.91 Å². The zero-order valence-electron chi connectivity index (χ0n) is 14.9. The van der Waals surface area contributed by atoms with Gasteiger partial charge in [0.1, 0.15) is 5.82 Å². The molecule has 0 aliphatic carbocycles. The van der Waals surface area contributed by atoms with Crippen molar-refractivity contribution in [2.24, 2.45) is 0 Å². The van der Waals surface area contributed by atoms with E-state index in [2.05, 4.69) is 31.1 Å². The molecule has 7 nitrogen and oxygen atoms in total. The number of nitrogens with zero attached hydrogens (tertiary/aromatic N) is 3. The highest BCUT2D eigenvalue weighted by molar-refractivity contribution is 7.20. The highest BCUT2D eigenvalue weighted by Crippen LogP contribution is 2.24. The van der Waals surface area contributed by atoms with Crippen LogP contribution < -0.4 is 16.0 Å². The molecule has 0 atom stereocenters. The maximum atomic E-state index is 12.3. The van der Waals surface area contributed by atoms with Crippen molar-refractivity contribution in [2.45, 2.75) is 0 Å². The molecule has 0 unspecified atom stereocenters. The second kappa shape index (κ2) is 8.45. The highest BCUT2D eigenvalue weighted by Gasteiger charge is 2.09. The first-order valence-corrected chi connectivity index (χ1v) is 9.61. The van der Waals surface area contributed by atoms with Crippen LogP contribution in [0.15, 0.2) is 67.0 Å². The van der Waals surface area contributed by atoms with Crippen molar-refractivity contribution in [1.82, 2.24) is 20.5 Å². The van der Waals surface area contributed by atoms with Crippen molar-refractivity contribution in [3.05, 3.63) is 71.9 Å². The first kappa shape index (κ1) is 17.9. The molecule has 4 rings (SSSR count). The summed E-state index contributed by atoms with van der Waals surface area (Å²) in [7, 11) is 0. The number of carbonyl (C=O) groups is 1. The second-order valence-electron chi connectivity index (χ2n) is 6.00. The Kier molecular flexibility index (Phi) is 5.39. The van der Waals surface area contributed by atoms with Gasteiger partial charge in [0.15, 0.2) is 5.82 Å². The average Bonchev–Trinajstić information content (AvgIpc) is 3.17. The molecule has 0 saturated heterocycles. The number of anilines is 3. The molecule has 1 aromatic carbocycles. The van der Waals surface area contributed by atoms with E-state index in [0.717, 1.165) is 15.8 Å². The van der Waals surface area contributed by atoms with E-state index in [1.54, 1.807) is 12.4 Å². The summed E-state index contributed by atoms with van der Waals surface area (Å²) in [5, 5.41) is 18.5. The van der Waals surface area contributed by atoms with Crippen LogP contribution in [0.3, 0.4) is 0 Å². The van der Waals surface area contributed by atoms with Crippen molar-refractivity contribution in [2.75, 3.05) is 23.7 Å². The molecule has 0 bridgehead atoms. The minimum Gasteiger partial charge on any atom is -0.367 e. The standard InChI is InChI=1S/C20H18N6OS/c27-20(17-12-14-4-1-2-6-16(14)28-17)23-11-10-22-18-7-8-19(26-25-18)24-15-5-3-9-21-13-15/h1-9,12-13H,10-11H2,(H,22,25)(H,23,27)(H,24,26). The molecule has 0 saturated carbocycles. The first-order chi connectivity index (χ1) is 13.8. The molecule has 140 valence electrons. The quantitative estimate of drug-likeness (QED) is 0.417. The van der Waals surface area contributed by atoms with Crippen molar-refractivity contribution < 1.29 is 4.79 Å². The van der Waals surface area contributed by atoms with Crippen LogP contribution in [-0.4, -0.2) is 34.2 Å². The van der Waals surface area contributed by atoms with E-state index in [1.807, 2.05) is 54.6 Å². The van der Waals surface area contributed by atoms with Gasteiger partial charge in [-0.25, -0.2) is 0 Å². The fourth-order valence-corrected chi connectivity index (χ4v) is 3.60. The number of thiophene rings is 1. The number of fused-ring (bicyclic) bond motifs is 1. The van der Waals surface area contributed by atoms with Crippen LogP contribution in [0, 0.1) is 0 Å². The van der Waals surface area contributed by atoms with Gasteiger partial charge in [-0.15, -0.1) is 21.5 Å². The molecule has 3 heterocycles. The average molecular weight is 390 g/mol. The number of rotatable bonds is 7. The van der Waals surface area contributed by atoms with Gasteiger partial charge in [-0.1, -0.05) is 18.2 Å².